The first-order valence-corrected chi connectivity index (χ1v) is 6.35. The number of hydrogen-bond acceptors (Lipinski definition) is 4. The zero-order chi connectivity index (χ0) is 14.1. The average Bonchev–Trinajstić information content (AvgIpc) is 3.06. The van der Waals surface area contributed by atoms with E-state index in [1.54, 1.807) is 0 Å². The van der Waals surface area contributed by atoms with Crippen molar-refractivity contribution in [3.8, 4) is 11.4 Å². The Bertz CT molecular complexity index is 757. The molecule has 0 aliphatic rings. The number of benzene rings is 1. The summed E-state index contributed by atoms with van der Waals surface area (Å²) in [6, 6.07) is 7.78. The van der Waals surface area contributed by atoms with E-state index in [1.807, 2.05) is 44.3 Å². The number of carbonyl (C=O) groups excluding carboxylic acids is 1. The Morgan fingerprint density at radius 2 is 2.20 bits per heavy atom. The highest BCUT2D eigenvalue weighted by Gasteiger charge is 2.16. The molecule has 0 aliphatic heterocycles. The van der Waals surface area contributed by atoms with E-state index in [0.29, 0.717) is 5.82 Å². The van der Waals surface area contributed by atoms with Gasteiger partial charge in [0.2, 0.25) is 5.82 Å². The maximum absolute atomic E-state index is 11.8. The molecular formula is C14H14N4O2. The van der Waals surface area contributed by atoms with E-state index in [4.69, 9.17) is 4.52 Å². The quantitative estimate of drug-likeness (QED) is 0.765. The van der Waals surface area contributed by atoms with Crippen LogP contribution in [0.4, 0.5) is 0 Å². The van der Waals surface area contributed by atoms with Gasteiger partial charge in [-0.1, -0.05) is 17.3 Å². The van der Waals surface area contributed by atoms with Crippen molar-refractivity contribution in [2.75, 3.05) is 0 Å². The van der Waals surface area contributed by atoms with Gasteiger partial charge in [-0.25, -0.2) is 0 Å². The van der Waals surface area contributed by atoms with Gasteiger partial charge in [-0.3, -0.25) is 4.79 Å². The number of aromatic amines is 1. The maximum atomic E-state index is 11.8. The summed E-state index contributed by atoms with van der Waals surface area (Å²) in [5.41, 5.74) is 1.78. The summed E-state index contributed by atoms with van der Waals surface area (Å²) in [6.07, 6.45) is 1.87. The number of H-pyrrole nitrogens is 1. The Labute approximate surface area is 115 Å². The molecule has 6 nitrogen and oxygen atoms in total. The minimum Gasteiger partial charge on any atom is -0.361 e. The Morgan fingerprint density at radius 3 is 3.00 bits per heavy atom. The molecule has 0 saturated carbocycles. The number of hydrogen-bond donors (Lipinski definition) is 2. The highest BCUT2D eigenvalue weighted by atomic mass is 16.5. The summed E-state index contributed by atoms with van der Waals surface area (Å²) in [4.78, 5) is 19.0. The normalized spacial score (nSPS) is 11.2. The van der Waals surface area contributed by atoms with E-state index in [9.17, 15) is 4.79 Å². The fourth-order valence-electron chi connectivity index (χ4n) is 1.94. The van der Waals surface area contributed by atoms with Gasteiger partial charge in [0.05, 0.1) is 0 Å². The van der Waals surface area contributed by atoms with Gasteiger partial charge in [-0.15, -0.1) is 0 Å². The van der Waals surface area contributed by atoms with Gasteiger partial charge < -0.3 is 14.8 Å². The Morgan fingerprint density at radius 1 is 1.35 bits per heavy atom. The molecule has 3 rings (SSSR count). The number of amides is 1. The van der Waals surface area contributed by atoms with Gasteiger partial charge in [-0.2, -0.15) is 4.98 Å². The molecule has 2 N–H and O–H groups in total. The second-order valence-electron chi connectivity index (χ2n) is 4.83. The molecule has 0 radical (unpaired) electrons. The van der Waals surface area contributed by atoms with Crippen LogP contribution in [-0.4, -0.2) is 27.1 Å². The smallest absolute Gasteiger partial charge is 0.316 e. The molecule has 102 valence electrons. The maximum Gasteiger partial charge on any atom is 0.316 e. The molecule has 6 heteroatoms. The molecule has 20 heavy (non-hydrogen) atoms. The van der Waals surface area contributed by atoms with Crippen molar-refractivity contribution in [3.63, 3.8) is 0 Å². The number of nitrogens with zero attached hydrogens (tertiary/aromatic N) is 2. The van der Waals surface area contributed by atoms with Crippen molar-refractivity contribution in [2.24, 2.45) is 0 Å². The predicted molar refractivity (Wildman–Crippen MR) is 74.2 cm³/mol. The first-order valence-electron chi connectivity index (χ1n) is 6.35. The van der Waals surface area contributed by atoms with Crippen LogP contribution >= 0.6 is 0 Å². The average molecular weight is 270 g/mol. The van der Waals surface area contributed by atoms with Crippen LogP contribution < -0.4 is 5.32 Å². The molecule has 0 bridgehead atoms. The third kappa shape index (κ3) is 2.27. The second-order valence-corrected chi connectivity index (χ2v) is 4.83. The molecule has 0 saturated heterocycles. The summed E-state index contributed by atoms with van der Waals surface area (Å²) in [7, 11) is 0. The first kappa shape index (κ1) is 12.4. The Kier molecular flexibility index (Phi) is 2.98. The summed E-state index contributed by atoms with van der Waals surface area (Å²) in [5.74, 6) is 0.00962. The van der Waals surface area contributed by atoms with Crippen molar-refractivity contribution in [1.29, 1.82) is 0 Å². The molecule has 1 amide bonds. The minimum absolute atomic E-state index is 0.0214. The van der Waals surface area contributed by atoms with Crippen LogP contribution in [0.25, 0.3) is 22.3 Å². The molecule has 0 aliphatic carbocycles. The van der Waals surface area contributed by atoms with Gasteiger partial charge >= 0.3 is 11.8 Å². The molecule has 0 spiro atoms. The van der Waals surface area contributed by atoms with Crippen LogP contribution in [0.15, 0.2) is 35.0 Å². The lowest BCUT2D eigenvalue weighted by molar-refractivity contribution is 0.0899. The number of nitrogens with one attached hydrogen (secondary N) is 2. The summed E-state index contributed by atoms with van der Waals surface area (Å²) < 4.78 is 4.99. The van der Waals surface area contributed by atoms with Crippen LogP contribution in [0, 0.1) is 0 Å². The predicted octanol–water partition coefficient (Wildman–Crippen LogP) is 2.36. The number of carbonyl (C=O) groups is 1. The van der Waals surface area contributed by atoms with E-state index in [0.717, 1.165) is 16.5 Å². The molecule has 1 aromatic carbocycles. The largest absolute Gasteiger partial charge is 0.361 e. The van der Waals surface area contributed by atoms with Crippen LogP contribution in [0.3, 0.4) is 0 Å². The second kappa shape index (κ2) is 4.80. The highest BCUT2D eigenvalue weighted by molar-refractivity contribution is 5.90. The van der Waals surface area contributed by atoms with Gasteiger partial charge in [0, 0.05) is 23.3 Å². The van der Waals surface area contributed by atoms with Crippen LogP contribution in [-0.2, 0) is 0 Å². The lowest BCUT2D eigenvalue weighted by Gasteiger charge is -2.03. The first-order chi connectivity index (χ1) is 9.63. The van der Waals surface area contributed by atoms with Gasteiger partial charge in [-0.05, 0) is 31.4 Å². The monoisotopic (exact) mass is 270 g/mol. The molecule has 0 atom stereocenters. The van der Waals surface area contributed by atoms with Crippen molar-refractivity contribution in [1.82, 2.24) is 20.4 Å². The zero-order valence-electron chi connectivity index (χ0n) is 11.2. The number of aromatic nitrogens is 3. The van der Waals surface area contributed by atoms with Gasteiger partial charge in [0.15, 0.2) is 0 Å². The number of rotatable bonds is 3. The lowest BCUT2D eigenvalue weighted by atomic mass is 10.1. The fraction of sp³-hybridized carbons (Fsp3) is 0.214. The molecule has 0 unspecified atom stereocenters. The van der Waals surface area contributed by atoms with E-state index < -0.39 is 0 Å². The molecule has 0 fully saturated rings. The van der Waals surface area contributed by atoms with Crippen molar-refractivity contribution in [3.05, 3.63) is 36.4 Å². The molecular weight excluding hydrogens is 256 g/mol. The molecule has 3 aromatic rings. The van der Waals surface area contributed by atoms with Crippen molar-refractivity contribution < 1.29 is 9.32 Å². The topological polar surface area (TPSA) is 83.8 Å². The Hall–Kier alpha value is -2.63. The third-order valence-electron chi connectivity index (χ3n) is 2.85. The van der Waals surface area contributed by atoms with E-state index in [-0.39, 0.29) is 17.8 Å². The van der Waals surface area contributed by atoms with Gasteiger partial charge in [0.25, 0.3) is 0 Å². The number of fused-ring (bicyclic) bond motifs is 1. The van der Waals surface area contributed by atoms with Crippen molar-refractivity contribution in [2.45, 2.75) is 19.9 Å². The van der Waals surface area contributed by atoms with E-state index >= 15 is 0 Å². The van der Waals surface area contributed by atoms with Crippen LogP contribution in [0.2, 0.25) is 0 Å². The Balaban J connectivity index is 1.90. The SMILES string of the molecule is CC(C)NC(=O)c1nc(-c2ccc3cc[nH]c3c2)no1. The standard InChI is InChI=1S/C14H14N4O2/c1-8(2)16-13(19)14-17-12(18-20-14)10-4-3-9-5-6-15-11(9)7-10/h3-8,15H,1-2H3,(H,16,19). The van der Waals surface area contributed by atoms with Crippen LogP contribution in [0.5, 0.6) is 0 Å². The zero-order valence-corrected chi connectivity index (χ0v) is 11.2. The summed E-state index contributed by atoms with van der Waals surface area (Å²) in [6.45, 7) is 3.74. The van der Waals surface area contributed by atoms with E-state index in [1.165, 1.54) is 0 Å². The summed E-state index contributed by atoms with van der Waals surface area (Å²) in [5, 5.41) is 7.66. The summed E-state index contributed by atoms with van der Waals surface area (Å²) >= 11 is 0. The fourth-order valence-corrected chi connectivity index (χ4v) is 1.94. The highest BCUT2D eigenvalue weighted by Crippen LogP contribution is 2.21. The lowest BCUT2D eigenvalue weighted by Crippen LogP contribution is -2.30. The van der Waals surface area contributed by atoms with E-state index in [2.05, 4.69) is 20.4 Å². The minimum atomic E-state index is -0.361. The molecule has 2 aromatic heterocycles. The molecule has 2 heterocycles. The van der Waals surface area contributed by atoms with Crippen LogP contribution in [0.1, 0.15) is 24.5 Å². The third-order valence-corrected chi connectivity index (χ3v) is 2.85. The van der Waals surface area contributed by atoms with Gasteiger partial charge in [0.1, 0.15) is 0 Å². The van der Waals surface area contributed by atoms with Crippen molar-refractivity contribution >= 4 is 16.8 Å².